The molecule has 5 aliphatic heterocycles. The number of likely N-dealkylation sites (tertiary alicyclic amines) is 3. The van der Waals surface area contributed by atoms with E-state index in [2.05, 4.69) is 62.4 Å². The summed E-state index contributed by atoms with van der Waals surface area (Å²) in [5.41, 5.74) is 5.40. The van der Waals surface area contributed by atoms with Gasteiger partial charge < -0.3 is 34.4 Å². The third-order valence-corrected chi connectivity index (χ3v) is 18.7. The van der Waals surface area contributed by atoms with E-state index in [4.69, 9.17) is 9.97 Å². The molecule has 17 heteroatoms. The van der Waals surface area contributed by atoms with Crippen molar-refractivity contribution in [1.29, 1.82) is 0 Å². The number of imidazole rings is 1. The van der Waals surface area contributed by atoms with E-state index in [0.717, 1.165) is 90.8 Å². The van der Waals surface area contributed by atoms with Gasteiger partial charge in [-0.05, 0) is 152 Å². The average molecular weight is 1050 g/mol. The molecule has 1 spiro atoms. The van der Waals surface area contributed by atoms with Crippen LogP contribution in [-0.4, -0.2) is 128 Å². The molecule has 6 fully saturated rings. The molecule has 8 heterocycles. The number of imide groups is 1. The van der Waals surface area contributed by atoms with E-state index in [1.165, 1.54) is 25.3 Å². The van der Waals surface area contributed by atoms with Crippen LogP contribution in [-0.2, 0) is 29.4 Å². The summed E-state index contributed by atoms with van der Waals surface area (Å²) < 4.78 is 17.2. The molecule has 77 heavy (non-hydrogen) atoms. The third-order valence-electron chi connectivity index (χ3n) is 18.7. The lowest BCUT2D eigenvalue weighted by atomic mass is 9.73. The zero-order chi connectivity index (χ0) is 53.1. The predicted molar refractivity (Wildman–Crippen MR) is 293 cm³/mol. The number of amides is 5. The fourth-order valence-corrected chi connectivity index (χ4v) is 14.0. The van der Waals surface area contributed by atoms with E-state index in [0.29, 0.717) is 87.9 Å². The molecule has 7 aliphatic rings. The lowest BCUT2D eigenvalue weighted by molar-refractivity contribution is -0.144. The van der Waals surface area contributed by atoms with Gasteiger partial charge in [0.05, 0.1) is 34.6 Å². The summed E-state index contributed by atoms with van der Waals surface area (Å²) in [5, 5.41) is 5.72. The Labute approximate surface area is 450 Å². The second-order valence-electron chi connectivity index (χ2n) is 23.4. The molecule has 0 radical (unpaired) electrons. The maximum atomic E-state index is 15.3. The number of hydrogen-bond donors (Lipinski definition) is 2. The quantitative estimate of drug-likeness (QED) is 0.122. The van der Waals surface area contributed by atoms with Crippen molar-refractivity contribution in [2.45, 2.75) is 146 Å². The molecular formula is C60H72FN11O5. The summed E-state index contributed by atoms with van der Waals surface area (Å²) in [5.74, 6) is 0.358. The number of pyridine rings is 2. The third kappa shape index (κ3) is 9.53. The summed E-state index contributed by atoms with van der Waals surface area (Å²) in [7, 11) is 2.04. The molecule has 1 unspecified atom stereocenters. The molecule has 16 nitrogen and oxygen atoms in total. The monoisotopic (exact) mass is 1050 g/mol. The number of benzene rings is 2. The topological polar surface area (TPSA) is 169 Å². The predicted octanol–water partition coefficient (Wildman–Crippen LogP) is 8.63. The van der Waals surface area contributed by atoms with E-state index in [9.17, 15) is 19.2 Å². The summed E-state index contributed by atoms with van der Waals surface area (Å²) >= 11 is 0. The first kappa shape index (κ1) is 51.0. The second-order valence-corrected chi connectivity index (χ2v) is 23.4. The number of anilines is 4. The number of piperidine rings is 4. The standard InChI is InChI=1S/C60H72FN11O5/c1-37(2)71-36-63-50-34-49(65-55(54(50)71)64-48-10-6-5-9-47(48)61)40-13-18-46-51(31-40)72(44-32-43(33-44)68-25-7-4-8-26-68)59(77)60(46)23-29-70(30-24-60)58(76)39-21-27-69(28-22-39)57(75)38-11-15-42(16-12-38)67(3)52-19-14-41(35-62-52)45-17-20-53(73)66-56(45)74/h5-6,9-10,13-14,18-19,31,34-39,42-45H,4,7-8,11-12,15-17,20-30,32-33H2,1-3H3,(H,64,65)(H,66,73,74)/t38-,42-,43-,44+,45?. The number of carbonyl (C=O) groups excluding carboxylic acids is 5. The minimum atomic E-state index is -0.742. The fourth-order valence-electron chi connectivity index (χ4n) is 14.0. The molecule has 4 saturated heterocycles. The van der Waals surface area contributed by atoms with Crippen LogP contribution in [0.2, 0.25) is 0 Å². The van der Waals surface area contributed by atoms with Crippen LogP contribution in [0.5, 0.6) is 0 Å². The van der Waals surface area contributed by atoms with Crippen molar-refractivity contribution in [3.8, 4) is 11.3 Å². The van der Waals surface area contributed by atoms with Crippen molar-refractivity contribution < 1.29 is 28.4 Å². The van der Waals surface area contributed by atoms with Gasteiger partial charge in [-0.2, -0.15) is 0 Å². The minimum absolute atomic E-state index is 0.0410. The maximum absolute atomic E-state index is 15.3. The van der Waals surface area contributed by atoms with Gasteiger partial charge in [0, 0.05) is 93.1 Å². The van der Waals surface area contributed by atoms with Crippen molar-refractivity contribution >= 4 is 63.6 Å². The van der Waals surface area contributed by atoms with E-state index < -0.39 is 5.41 Å². The Morgan fingerprint density at radius 1 is 0.792 bits per heavy atom. The van der Waals surface area contributed by atoms with Crippen LogP contribution in [0.3, 0.4) is 0 Å². The smallest absolute Gasteiger partial charge is 0.238 e. The van der Waals surface area contributed by atoms with Crippen molar-refractivity contribution in [2.24, 2.45) is 11.8 Å². The summed E-state index contributed by atoms with van der Waals surface area (Å²) in [6, 6.07) is 19.7. The van der Waals surface area contributed by atoms with Crippen molar-refractivity contribution in [1.82, 2.24) is 39.5 Å². The van der Waals surface area contributed by atoms with Gasteiger partial charge in [-0.1, -0.05) is 36.8 Å². The number of carbonyl (C=O) groups is 5. The zero-order valence-corrected chi connectivity index (χ0v) is 44.8. The van der Waals surface area contributed by atoms with Gasteiger partial charge in [-0.25, -0.2) is 19.3 Å². The Hall–Kier alpha value is -6.75. The molecule has 2 saturated carbocycles. The molecule has 3 aromatic heterocycles. The Kier molecular flexibility index (Phi) is 13.8. The number of rotatable bonds is 11. The molecule has 2 aliphatic carbocycles. The SMILES string of the molecule is CC(C)n1cnc2cc(-c3ccc4c(c3)N([C@H]3C[C@@H](N5CCCCC5)C3)C(=O)C43CCN(C(=O)C4CCN(C(=O)[C@H]5CC[C@H](N(C)c6ccc(C7CCC(=O)NC7=O)cn6)CC5)CC4)CC3)nc(Nc3ccccc3F)c21. The van der Waals surface area contributed by atoms with Crippen LogP contribution in [0.15, 0.2) is 73.2 Å². The van der Waals surface area contributed by atoms with Crippen LogP contribution >= 0.6 is 0 Å². The van der Waals surface area contributed by atoms with E-state index in [1.807, 2.05) is 39.6 Å². The largest absolute Gasteiger partial charge is 0.357 e. The molecule has 404 valence electrons. The molecule has 5 aromatic rings. The van der Waals surface area contributed by atoms with Gasteiger partial charge in [0.15, 0.2) is 5.82 Å². The Morgan fingerprint density at radius 3 is 2.19 bits per heavy atom. The molecule has 5 amide bonds. The number of hydrogen-bond acceptors (Lipinski definition) is 11. The number of aromatic nitrogens is 4. The second kappa shape index (κ2) is 20.9. The fraction of sp³-hybridized carbons (Fsp3) is 0.533. The summed E-state index contributed by atoms with van der Waals surface area (Å²) in [6.45, 7) is 8.54. The molecule has 0 bridgehead atoms. The van der Waals surface area contributed by atoms with Crippen molar-refractivity contribution in [3.05, 3.63) is 90.1 Å². The van der Waals surface area contributed by atoms with Crippen LogP contribution in [0, 0.1) is 17.7 Å². The average Bonchev–Trinajstić information content (AvgIpc) is 4.20. The van der Waals surface area contributed by atoms with E-state index in [-0.39, 0.29) is 71.2 Å². The lowest BCUT2D eigenvalue weighted by Crippen LogP contribution is -2.58. The molecule has 2 aromatic carbocycles. The lowest BCUT2D eigenvalue weighted by Gasteiger charge is -2.48. The van der Waals surface area contributed by atoms with Crippen molar-refractivity contribution in [3.63, 3.8) is 0 Å². The highest BCUT2D eigenvalue weighted by atomic mass is 19.1. The van der Waals surface area contributed by atoms with Crippen LogP contribution in [0.4, 0.5) is 27.4 Å². The first-order valence-corrected chi connectivity index (χ1v) is 28.6. The number of nitrogens with one attached hydrogen (secondary N) is 2. The number of para-hydroxylation sites is 1. The highest BCUT2D eigenvalue weighted by Crippen LogP contribution is 2.52. The maximum Gasteiger partial charge on any atom is 0.238 e. The Morgan fingerprint density at radius 2 is 1.51 bits per heavy atom. The van der Waals surface area contributed by atoms with Crippen LogP contribution in [0.25, 0.3) is 22.3 Å². The van der Waals surface area contributed by atoms with Gasteiger partial charge in [0.1, 0.15) is 17.2 Å². The minimum Gasteiger partial charge on any atom is -0.357 e. The Bertz CT molecular complexity index is 3070. The number of nitrogens with zero attached hydrogens (tertiary/aromatic N) is 9. The van der Waals surface area contributed by atoms with Gasteiger partial charge in [-0.3, -0.25) is 29.3 Å². The van der Waals surface area contributed by atoms with E-state index in [1.54, 1.807) is 30.7 Å². The van der Waals surface area contributed by atoms with Gasteiger partial charge in [-0.15, -0.1) is 0 Å². The van der Waals surface area contributed by atoms with Gasteiger partial charge in [0.2, 0.25) is 29.5 Å². The van der Waals surface area contributed by atoms with E-state index >= 15 is 9.18 Å². The first-order chi connectivity index (χ1) is 37.3. The Balaban J connectivity index is 0.701. The van der Waals surface area contributed by atoms with Gasteiger partial charge in [0.25, 0.3) is 0 Å². The highest BCUT2D eigenvalue weighted by Gasteiger charge is 2.56. The summed E-state index contributed by atoms with van der Waals surface area (Å²) in [6.07, 6.45) is 15.7. The molecular weight excluding hydrogens is 974 g/mol. The highest BCUT2D eigenvalue weighted by molar-refractivity contribution is 6.09. The zero-order valence-electron chi connectivity index (χ0n) is 44.8. The molecule has 1 atom stereocenters. The number of fused-ring (bicyclic) bond motifs is 3. The van der Waals surface area contributed by atoms with Gasteiger partial charge >= 0.3 is 0 Å². The van der Waals surface area contributed by atoms with Crippen LogP contribution in [0.1, 0.15) is 133 Å². The first-order valence-electron chi connectivity index (χ1n) is 28.6. The van der Waals surface area contributed by atoms with Crippen molar-refractivity contribution in [2.75, 3.05) is 61.4 Å². The molecule has 12 rings (SSSR count). The number of halogens is 1. The normalized spacial score (nSPS) is 25.0. The van der Waals surface area contributed by atoms with Crippen LogP contribution < -0.4 is 20.4 Å². The molecule has 2 N–H and O–H groups in total. The summed E-state index contributed by atoms with van der Waals surface area (Å²) in [4.78, 5) is 93.2.